The number of nitrogens with zero attached hydrogens (tertiary/aromatic N) is 1. The van der Waals surface area contributed by atoms with Gasteiger partial charge in [0.15, 0.2) is 0 Å². The van der Waals surface area contributed by atoms with Crippen molar-refractivity contribution in [2.75, 3.05) is 18.5 Å². The number of piperidine rings is 1. The van der Waals surface area contributed by atoms with Crippen LogP contribution in [0.25, 0.3) is 0 Å². The Hall–Kier alpha value is -1.02. The van der Waals surface area contributed by atoms with E-state index in [0.717, 1.165) is 6.54 Å². The molecule has 3 unspecified atom stereocenters. The van der Waals surface area contributed by atoms with Crippen LogP contribution in [0.5, 0.6) is 0 Å². The van der Waals surface area contributed by atoms with Crippen LogP contribution >= 0.6 is 0 Å². The van der Waals surface area contributed by atoms with Crippen molar-refractivity contribution in [1.82, 2.24) is 5.32 Å². The van der Waals surface area contributed by atoms with Crippen LogP contribution in [-0.2, 0) is 0 Å². The Balaban J connectivity index is 2.13. The number of nitrogens with one attached hydrogen (secondary N) is 1. The number of rotatable bonds is 3. The third-order valence-corrected chi connectivity index (χ3v) is 4.83. The van der Waals surface area contributed by atoms with Crippen LogP contribution in [0.4, 0.5) is 5.69 Å². The molecule has 0 aliphatic carbocycles. The minimum Gasteiger partial charge on any atom is -0.368 e. The van der Waals surface area contributed by atoms with E-state index in [2.05, 4.69) is 69.2 Å². The van der Waals surface area contributed by atoms with E-state index < -0.39 is 0 Å². The topological polar surface area (TPSA) is 15.3 Å². The lowest BCUT2D eigenvalue weighted by molar-refractivity contribution is 0.282. The van der Waals surface area contributed by atoms with Crippen molar-refractivity contribution in [3.8, 4) is 0 Å². The van der Waals surface area contributed by atoms with Crippen molar-refractivity contribution in [2.24, 2.45) is 5.92 Å². The van der Waals surface area contributed by atoms with Gasteiger partial charge in [-0.05, 0) is 49.9 Å². The monoisotopic (exact) mass is 260 g/mol. The molecule has 1 aliphatic rings. The van der Waals surface area contributed by atoms with Gasteiger partial charge < -0.3 is 10.2 Å². The Bertz CT molecular complexity index is 396. The average Bonchev–Trinajstić information content (AvgIpc) is 2.42. The zero-order chi connectivity index (χ0) is 14.0. The summed E-state index contributed by atoms with van der Waals surface area (Å²) in [5.74, 6) is 1.30. The first-order valence-electron chi connectivity index (χ1n) is 7.58. The molecular formula is C17H28N2. The predicted octanol–water partition coefficient (Wildman–Crippen LogP) is 3.63. The lowest BCUT2D eigenvalue weighted by Gasteiger charge is -2.44. The van der Waals surface area contributed by atoms with E-state index in [1.54, 1.807) is 0 Å². The molecule has 106 valence electrons. The standard InChI is InChI=1S/C17H28N2/c1-12(2)15-6-8-16(9-7-15)19-11-10-17(18-5)13(3)14(19)4/h6-9,12-14,17-18H,10-11H2,1-5H3. The zero-order valence-corrected chi connectivity index (χ0v) is 13.0. The molecule has 1 aliphatic heterocycles. The van der Waals surface area contributed by atoms with Gasteiger partial charge in [0, 0.05) is 24.3 Å². The van der Waals surface area contributed by atoms with Crippen LogP contribution < -0.4 is 10.2 Å². The molecule has 0 bridgehead atoms. The van der Waals surface area contributed by atoms with Gasteiger partial charge in [-0.15, -0.1) is 0 Å². The first-order valence-corrected chi connectivity index (χ1v) is 7.58. The van der Waals surface area contributed by atoms with Gasteiger partial charge in [0.1, 0.15) is 0 Å². The van der Waals surface area contributed by atoms with E-state index in [1.807, 2.05) is 0 Å². The molecule has 0 saturated carbocycles. The molecule has 0 spiro atoms. The van der Waals surface area contributed by atoms with Crippen molar-refractivity contribution in [3.05, 3.63) is 29.8 Å². The van der Waals surface area contributed by atoms with E-state index in [0.29, 0.717) is 23.9 Å². The molecule has 0 radical (unpaired) electrons. The van der Waals surface area contributed by atoms with Gasteiger partial charge in [0.25, 0.3) is 0 Å². The Morgan fingerprint density at radius 3 is 2.32 bits per heavy atom. The van der Waals surface area contributed by atoms with Crippen LogP contribution in [0.15, 0.2) is 24.3 Å². The summed E-state index contributed by atoms with van der Waals surface area (Å²) in [4.78, 5) is 2.56. The van der Waals surface area contributed by atoms with Gasteiger partial charge in [0.2, 0.25) is 0 Å². The summed E-state index contributed by atoms with van der Waals surface area (Å²) >= 11 is 0. The second-order valence-electron chi connectivity index (χ2n) is 6.22. The number of hydrogen-bond acceptors (Lipinski definition) is 2. The molecule has 1 saturated heterocycles. The van der Waals surface area contributed by atoms with Crippen molar-refractivity contribution >= 4 is 5.69 Å². The number of anilines is 1. The van der Waals surface area contributed by atoms with Gasteiger partial charge in [-0.3, -0.25) is 0 Å². The molecule has 1 aromatic rings. The Morgan fingerprint density at radius 1 is 1.16 bits per heavy atom. The maximum atomic E-state index is 3.45. The minimum absolute atomic E-state index is 0.594. The van der Waals surface area contributed by atoms with Crippen LogP contribution in [-0.4, -0.2) is 25.7 Å². The maximum Gasteiger partial charge on any atom is 0.0368 e. The van der Waals surface area contributed by atoms with Gasteiger partial charge in [-0.2, -0.15) is 0 Å². The molecule has 1 aromatic carbocycles. The summed E-state index contributed by atoms with van der Waals surface area (Å²) in [6.45, 7) is 10.4. The highest BCUT2D eigenvalue weighted by atomic mass is 15.2. The lowest BCUT2D eigenvalue weighted by atomic mass is 9.86. The summed E-state index contributed by atoms with van der Waals surface area (Å²) in [6, 6.07) is 10.4. The van der Waals surface area contributed by atoms with Crippen molar-refractivity contribution < 1.29 is 0 Å². The second kappa shape index (κ2) is 5.96. The Morgan fingerprint density at radius 2 is 1.79 bits per heavy atom. The highest BCUT2D eigenvalue weighted by Gasteiger charge is 2.31. The fourth-order valence-electron chi connectivity index (χ4n) is 3.19. The third-order valence-electron chi connectivity index (χ3n) is 4.83. The van der Waals surface area contributed by atoms with Gasteiger partial charge in [-0.25, -0.2) is 0 Å². The summed E-state index contributed by atoms with van der Waals surface area (Å²) in [6.07, 6.45) is 1.23. The van der Waals surface area contributed by atoms with E-state index in [9.17, 15) is 0 Å². The molecular weight excluding hydrogens is 232 g/mol. The third kappa shape index (κ3) is 2.94. The smallest absolute Gasteiger partial charge is 0.0368 e. The molecule has 19 heavy (non-hydrogen) atoms. The highest BCUT2D eigenvalue weighted by Crippen LogP contribution is 2.29. The van der Waals surface area contributed by atoms with Gasteiger partial charge in [-0.1, -0.05) is 32.9 Å². The maximum absolute atomic E-state index is 3.45. The molecule has 3 atom stereocenters. The van der Waals surface area contributed by atoms with Crippen LogP contribution in [0.3, 0.4) is 0 Å². The van der Waals surface area contributed by atoms with E-state index in [-0.39, 0.29) is 0 Å². The molecule has 2 nitrogen and oxygen atoms in total. The predicted molar refractivity (Wildman–Crippen MR) is 84.0 cm³/mol. The largest absolute Gasteiger partial charge is 0.368 e. The second-order valence-corrected chi connectivity index (χ2v) is 6.22. The van der Waals surface area contributed by atoms with Crippen LogP contribution in [0.2, 0.25) is 0 Å². The summed E-state index contributed by atoms with van der Waals surface area (Å²) < 4.78 is 0. The quantitative estimate of drug-likeness (QED) is 0.892. The summed E-state index contributed by atoms with van der Waals surface area (Å²) in [5.41, 5.74) is 2.80. The Labute approximate surface area is 118 Å². The van der Waals surface area contributed by atoms with Crippen LogP contribution in [0.1, 0.15) is 45.6 Å². The Kier molecular flexibility index (Phi) is 4.51. The van der Waals surface area contributed by atoms with E-state index in [4.69, 9.17) is 0 Å². The van der Waals surface area contributed by atoms with E-state index in [1.165, 1.54) is 17.7 Å². The zero-order valence-electron chi connectivity index (χ0n) is 13.0. The molecule has 2 heteroatoms. The van der Waals surface area contributed by atoms with Gasteiger partial charge in [0.05, 0.1) is 0 Å². The molecule has 0 amide bonds. The molecule has 0 aromatic heterocycles. The highest BCUT2D eigenvalue weighted by molar-refractivity contribution is 5.49. The lowest BCUT2D eigenvalue weighted by Crippen LogP contribution is -2.52. The fourth-order valence-corrected chi connectivity index (χ4v) is 3.19. The molecule has 1 fully saturated rings. The first-order chi connectivity index (χ1) is 9.04. The minimum atomic E-state index is 0.594. The molecule has 2 rings (SSSR count). The first kappa shape index (κ1) is 14.4. The van der Waals surface area contributed by atoms with Crippen molar-refractivity contribution in [3.63, 3.8) is 0 Å². The SMILES string of the molecule is CNC1CCN(c2ccc(C(C)C)cc2)C(C)C1C. The molecule has 1 heterocycles. The van der Waals surface area contributed by atoms with Crippen molar-refractivity contribution in [2.45, 2.75) is 52.1 Å². The number of hydrogen-bond donors (Lipinski definition) is 1. The van der Waals surface area contributed by atoms with Gasteiger partial charge >= 0.3 is 0 Å². The fraction of sp³-hybridized carbons (Fsp3) is 0.647. The van der Waals surface area contributed by atoms with Crippen molar-refractivity contribution in [1.29, 1.82) is 0 Å². The average molecular weight is 260 g/mol. The summed E-state index contributed by atoms with van der Waals surface area (Å²) in [5, 5.41) is 3.45. The van der Waals surface area contributed by atoms with Crippen LogP contribution in [0, 0.1) is 5.92 Å². The number of benzene rings is 1. The summed E-state index contributed by atoms with van der Waals surface area (Å²) in [7, 11) is 2.08. The normalized spacial score (nSPS) is 27.9. The van der Waals surface area contributed by atoms with E-state index >= 15 is 0 Å². The molecule has 1 N–H and O–H groups in total.